The molecule has 0 fully saturated rings. The number of halogens is 1. The number of hydrogen-bond acceptors (Lipinski definition) is 4. The van der Waals surface area contributed by atoms with Crippen LogP contribution in [-0.2, 0) is 17.9 Å². The van der Waals surface area contributed by atoms with Crippen LogP contribution in [0.1, 0.15) is 16.7 Å². The van der Waals surface area contributed by atoms with Crippen molar-refractivity contribution in [1.82, 2.24) is 15.1 Å². The normalized spacial score (nSPS) is 12.5. The molecule has 2 aromatic carbocycles. The standard InChI is InChI=1S/C21H18ClN3O3/c22-18-10-15(11-19-21(18)28-14-27-19)6-7-20(26)23-12-16-4-1-2-5-17(16)13-25-9-3-8-24-25/h1-11H,12-14H2,(H,23,26)/b7-6+. The number of amides is 1. The van der Waals surface area contributed by atoms with Crippen LogP contribution in [0.15, 0.2) is 60.9 Å². The van der Waals surface area contributed by atoms with E-state index in [-0.39, 0.29) is 12.7 Å². The maximum atomic E-state index is 12.2. The van der Waals surface area contributed by atoms with Crippen molar-refractivity contribution < 1.29 is 14.3 Å². The predicted molar refractivity (Wildman–Crippen MR) is 106 cm³/mol. The van der Waals surface area contributed by atoms with Crippen LogP contribution in [0, 0.1) is 0 Å². The monoisotopic (exact) mass is 395 g/mol. The Morgan fingerprint density at radius 1 is 1.21 bits per heavy atom. The molecular weight excluding hydrogens is 378 g/mol. The first kappa shape index (κ1) is 18.1. The zero-order valence-corrected chi connectivity index (χ0v) is 15.7. The molecule has 7 heteroatoms. The van der Waals surface area contributed by atoms with Gasteiger partial charge < -0.3 is 14.8 Å². The summed E-state index contributed by atoms with van der Waals surface area (Å²) < 4.78 is 12.5. The molecule has 142 valence electrons. The first-order chi connectivity index (χ1) is 13.7. The Kier molecular flexibility index (Phi) is 5.30. The maximum absolute atomic E-state index is 12.2. The molecule has 28 heavy (non-hydrogen) atoms. The van der Waals surface area contributed by atoms with Gasteiger partial charge in [-0.3, -0.25) is 9.48 Å². The fourth-order valence-electron chi connectivity index (χ4n) is 2.95. The van der Waals surface area contributed by atoms with Gasteiger partial charge in [-0.2, -0.15) is 5.10 Å². The Morgan fingerprint density at radius 2 is 2.07 bits per heavy atom. The highest BCUT2D eigenvalue weighted by atomic mass is 35.5. The lowest BCUT2D eigenvalue weighted by molar-refractivity contribution is -0.116. The van der Waals surface area contributed by atoms with E-state index >= 15 is 0 Å². The molecule has 1 amide bonds. The van der Waals surface area contributed by atoms with E-state index in [1.54, 1.807) is 24.4 Å². The van der Waals surface area contributed by atoms with Gasteiger partial charge in [-0.05, 0) is 41.0 Å². The van der Waals surface area contributed by atoms with Gasteiger partial charge in [0.1, 0.15) is 0 Å². The summed E-state index contributed by atoms with van der Waals surface area (Å²) in [6, 6.07) is 13.4. The number of benzene rings is 2. The minimum absolute atomic E-state index is 0.153. The van der Waals surface area contributed by atoms with Crippen molar-refractivity contribution in [3.63, 3.8) is 0 Å². The summed E-state index contributed by atoms with van der Waals surface area (Å²) >= 11 is 6.16. The van der Waals surface area contributed by atoms with Crippen LogP contribution in [0.5, 0.6) is 11.5 Å². The van der Waals surface area contributed by atoms with E-state index in [1.165, 1.54) is 6.08 Å². The zero-order chi connectivity index (χ0) is 19.3. The molecule has 4 rings (SSSR count). The summed E-state index contributed by atoms with van der Waals surface area (Å²) in [5, 5.41) is 7.60. The number of fused-ring (bicyclic) bond motifs is 1. The number of hydrogen-bond donors (Lipinski definition) is 1. The third-order valence-electron chi connectivity index (χ3n) is 4.34. The molecule has 0 bridgehead atoms. The van der Waals surface area contributed by atoms with E-state index in [0.717, 1.165) is 16.7 Å². The van der Waals surface area contributed by atoms with Gasteiger partial charge in [0, 0.05) is 25.0 Å². The Balaban J connectivity index is 1.39. The minimum atomic E-state index is -0.192. The second-order valence-electron chi connectivity index (χ2n) is 6.26. The van der Waals surface area contributed by atoms with E-state index in [2.05, 4.69) is 10.4 Å². The van der Waals surface area contributed by atoms with Gasteiger partial charge in [0.15, 0.2) is 11.5 Å². The largest absolute Gasteiger partial charge is 0.454 e. The summed E-state index contributed by atoms with van der Waals surface area (Å²) in [4.78, 5) is 12.2. The van der Waals surface area contributed by atoms with Crippen LogP contribution in [0.2, 0.25) is 5.02 Å². The first-order valence-corrected chi connectivity index (χ1v) is 9.16. The average molecular weight is 396 g/mol. The van der Waals surface area contributed by atoms with Crippen LogP contribution in [0.4, 0.5) is 0 Å². The molecule has 6 nitrogen and oxygen atoms in total. The highest BCUT2D eigenvalue weighted by molar-refractivity contribution is 6.32. The average Bonchev–Trinajstić information content (AvgIpc) is 3.37. The molecule has 0 spiro atoms. The van der Waals surface area contributed by atoms with Crippen molar-refractivity contribution in [1.29, 1.82) is 0 Å². The molecule has 3 aromatic rings. The van der Waals surface area contributed by atoms with Crippen molar-refractivity contribution in [2.45, 2.75) is 13.1 Å². The highest BCUT2D eigenvalue weighted by Crippen LogP contribution is 2.40. The Labute approximate surface area is 167 Å². The van der Waals surface area contributed by atoms with E-state index < -0.39 is 0 Å². The van der Waals surface area contributed by atoms with Crippen LogP contribution < -0.4 is 14.8 Å². The second-order valence-corrected chi connectivity index (χ2v) is 6.67. The van der Waals surface area contributed by atoms with Gasteiger partial charge in [-0.15, -0.1) is 0 Å². The van der Waals surface area contributed by atoms with Crippen LogP contribution >= 0.6 is 11.6 Å². The fourth-order valence-corrected chi connectivity index (χ4v) is 3.22. The Morgan fingerprint density at radius 3 is 2.89 bits per heavy atom. The zero-order valence-electron chi connectivity index (χ0n) is 15.0. The van der Waals surface area contributed by atoms with Gasteiger partial charge in [0.2, 0.25) is 12.7 Å². The molecule has 2 heterocycles. The third-order valence-corrected chi connectivity index (χ3v) is 4.62. The molecule has 0 atom stereocenters. The number of carbonyl (C=O) groups is 1. The summed E-state index contributed by atoms with van der Waals surface area (Å²) in [7, 11) is 0. The number of ether oxygens (including phenoxy) is 2. The van der Waals surface area contributed by atoms with Crippen LogP contribution in [0.25, 0.3) is 6.08 Å². The summed E-state index contributed by atoms with van der Waals surface area (Å²) in [5.41, 5.74) is 2.92. The number of rotatable bonds is 6. The van der Waals surface area contributed by atoms with Gasteiger partial charge in [0.05, 0.1) is 11.6 Å². The number of nitrogens with one attached hydrogen (secondary N) is 1. The quantitative estimate of drug-likeness (QED) is 0.647. The molecule has 0 saturated carbocycles. The van der Waals surface area contributed by atoms with Gasteiger partial charge in [0.25, 0.3) is 0 Å². The molecule has 1 aliphatic heterocycles. The Bertz CT molecular complexity index is 1020. The fraction of sp³-hybridized carbons (Fsp3) is 0.143. The van der Waals surface area contributed by atoms with E-state index in [1.807, 2.05) is 41.2 Å². The van der Waals surface area contributed by atoms with Gasteiger partial charge in [-0.25, -0.2) is 0 Å². The Hall–Kier alpha value is -3.25. The van der Waals surface area contributed by atoms with Crippen molar-refractivity contribution in [2.75, 3.05) is 6.79 Å². The van der Waals surface area contributed by atoms with E-state index in [4.69, 9.17) is 21.1 Å². The molecule has 0 radical (unpaired) electrons. The van der Waals surface area contributed by atoms with Crippen LogP contribution in [0.3, 0.4) is 0 Å². The van der Waals surface area contributed by atoms with Gasteiger partial charge >= 0.3 is 0 Å². The summed E-state index contributed by atoms with van der Waals surface area (Å²) in [5.74, 6) is 0.930. The highest BCUT2D eigenvalue weighted by Gasteiger charge is 2.17. The smallest absolute Gasteiger partial charge is 0.244 e. The van der Waals surface area contributed by atoms with E-state index in [0.29, 0.717) is 29.6 Å². The molecule has 0 saturated heterocycles. The second kappa shape index (κ2) is 8.19. The lowest BCUT2D eigenvalue weighted by atomic mass is 10.1. The van der Waals surface area contributed by atoms with Crippen molar-refractivity contribution >= 4 is 23.6 Å². The molecule has 1 aromatic heterocycles. The molecule has 0 aliphatic carbocycles. The minimum Gasteiger partial charge on any atom is -0.454 e. The molecule has 0 unspecified atom stereocenters. The SMILES string of the molecule is O=C(/C=C/c1cc(Cl)c2c(c1)OCO2)NCc1ccccc1Cn1cccn1. The molecular formula is C21H18ClN3O3. The lowest BCUT2D eigenvalue weighted by Crippen LogP contribution is -2.21. The molecule has 1 N–H and O–H groups in total. The number of nitrogens with zero attached hydrogens (tertiary/aromatic N) is 2. The number of carbonyl (C=O) groups excluding carboxylic acids is 1. The van der Waals surface area contributed by atoms with Crippen molar-refractivity contribution in [2.24, 2.45) is 0 Å². The van der Waals surface area contributed by atoms with Gasteiger partial charge in [-0.1, -0.05) is 35.9 Å². The predicted octanol–water partition coefficient (Wildman–Crippen LogP) is 3.64. The maximum Gasteiger partial charge on any atom is 0.244 e. The van der Waals surface area contributed by atoms with E-state index in [9.17, 15) is 4.79 Å². The van der Waals surface area contributed by atoms with Crippen LogP contribution in [-0.4, -0.2) is 22.5 Å². The summed E-state index contributed by atoms with van der Waals surface area (Å²) in [6.07, 6.45) is 6.83. The van der Waals surface area contributed by atoms with Crippen molar-refractivity contribution in [3.05, 3.63) is 82.6 Å². The number of aromatic nitrogens is 2. The topological polar surface area (TPSA) is 65.4 Å². The third kappa shape index (κ3) is 4.18. The lowest BCUT2D eigenvalue weighted by Gasteiger charge is -2.10. The molecule has 1 aliphatic rings. The van der Waals surface area contributed by atoms with Crippen molar-refractivity contribution in [3.8, 4) is 11.5 Å². The first-order valence-electron chi connectivity index (χ1n) is 8.78. The summed E-state index contributed by atoms with van der Waals surface area (Å²) in [6.45, 7) is 1.24.